The first kappa shape index (κ1) is 19.9. The van der Waals surface area contributed by atoms with Gasteiger partial charge in [0, 0.05) is 24.0 Å². The number of carbonyl (C=O) groups is 1. The predicted octanol–water partition coefficient (Wildman–Crippen LogP) is 5.44. The molecule has 0 fully saturated rings. The van der Waals surface area contributed by atoms with Crippen LogP contribution in [0.1, 0.15) is 21.5 Å². The van der Waals surface area contributed by atoms with E-state index in [0.29, 0.717) is 18.7 Å². The van der Waals surface area contributed by atoms with Crippen molar-refractivity contribution in [2.24, 2.45) is 5.73 Å². The zero-order chi connectivity index (χ0) is 21.9. The maximum atomic E-state index is 13.2. The second kappa shape index (κ2) is 8.61. The molecule has 4 aromatic carbocycles. The number of nitrogens with one attached hydrogen (secondary N) is 1. The van der Waals surface area contributed by atoms with Gasteiger partial charge in [0.05, 0.1) is 16.8 Å². The molecule has 1 heterocycles. The number of nitrogens with zero attached hydrogens (tertiary/aromatic N) is 1. The Hall–Kier alpha value is -4.02. The number of hydrogen-bond donors (Lipinski definition) is 2. The lowest BCUT2D eigenvalue weighted by Crippen LogP contribution is -2.23. The molecule has 5 rings (SSSR count). The number of rotatable bonds is 5. The molecule has 5 aromatic rings. The third-order valence-electron chi connectivity index (χ3n) is 5.72. The third kappa shape index (κ3) is 3.96. The molecule has 0 spiro atoms. The van der Waals surface area contributed by atoms with E-state index < -0.39 is 0 Å². The Morgan fingerprint density at radius 3 is 2.31 bits per heavy atom. The van der Waals surface area contributed by atoms with Crippen molar-refractivity contribution in [3.8, 4) is 11.3 Å². The lowest BCUT2D eigenvalue weighted by atomic mass is 10.0. The highest BCUT2D eigenvalue weighted by Gasteiger charge is 2.14. The summed E-state index contributed by atoms with van der Waals surface area (Å²) in [5, 5.41) is 6.22. The molecule has 1 aromatic heterocycles. The van der Waals surface area contributed by atoms with Gasteiger partial charge in [-0.3, -0.25) is 4.79 Å². The van der Waals surface area contributed by atoms with E-state index in [4.69, 9.17) is 10.7 Å². The van der Waals surface area contributed by atoms with Crippen LogP contribution in [0.15, 0.2) is 97.1 Å². The quantitative estimate of drug-likeness (QED) is 0.400. The minimum atomic E-state index is -0.117. The smallest absolute Gasteiger partial charge is 0.252 e. The van der Waals surface area contributed by atoms with Crippen LogP contribution < -0.4 is 11.1 Å². The molecule has 0 aliphatic rings. The van der Waals surface area contributed by atoms with Gasteiger partial charge in [-0.25, -0.2) is 4.98 Å². The van der Waals surface area contributed by atoms with Gasteiger partial charge in [0.2, 0.25) is 0 Å². The van der Waals surface area contributed by atoms with Crippen molar-refractivity contribution in [3.63, 3.8) is 0 Å². The second-order valence-corrected chi connectivity index (χ2v) is 7.84. The van der Waals surface area contributed by atoms with Crippen molar-refractivity contribution in [3.05, 3.63) is 114 Å². The zero-order valence-corrected chi connectivity index (χ0v) is 17.6. The highest BCUT2D eigenvalue weighted by Crippen LogP contribution is 2.27. The molecule has 3 N–H and O–H groups in total. The number of nitrogens with two attached hydrogens (primary N) is 1. The highest BCUT2D eigenvalue weighted by molar-refractivity contribution is 6.07. The highest BCUT2D eigenvalue weighted by atomic mass is 16.1. The van der Waals surface area contributed by atoms with E-state index in [1.54, 1.807) is 0 Å². The van der Waals surface area contributed by atoms with E-state index in [1.165, 1.54) is 5.39 Å². The Morgan fingerprint density at radius 1 is 0.781 bits per heavy atom. The number of para-hydroxylation sites is 1. The van der Waals surface area contributed by atoms with Gasteiger partial charge in [-0.05, 0) is 40.1 Å². The fraction of sp³-hybridized carbons (Fsp3) is 0.0714. The maximum Gasteiger partial charge on any atom is 0.252 e. The normalized spacial score (nSPS) is 11.0. The van der Waals surface area contributed by atoms with E-state index in [-0.39, 0.29) is 5.91 Å². The summed E-state index contributed by atoms with van der Waals surface area (Å²) in [5.74, 6) is -0.117. The van der Waals surface area contributed by atoms with Gasteiger partial charge in [0.15, 0.2) is 0 Å². The van der Waals surface area contributed by atoms with E-state index in [2.05, 4.69) is 35.6 Å². The molecule has 1 amide bonds. The van der Waals surface area contributed by atoms with E-state index >= 15 is 0 Å². The van der Waals surface area contributed by atoms with Crippen LogP contribution in [0.4, 0.5) is 0 Å². The average Bonchev–Trinajstić information content (AvgIpc) is 2.86. The fourth-order valence-corrected chi connectivity index (χ4v) is 3.93. The summed E-state index contributed by atoms with van der Waals surface area (Å²) in [6.45, 7) is 0.957. The van der Waals surface area contributed by atoms with E-state index in [0.717, 1.165) is 38.7 Å². The number of benzene rings is 4. The standard InChI is InChI=1S/C28H23N3O/c29-17-19-9-11-20(12-10-19)18-30-28(32)25-16-27(31-26-8-4-3-7-24(25)26)23-14-13-21-5-1-2-6-22(21)15-23/h1-16H,17-18,29H2,(H,30,32). The van der Waals surface area contributed by atoms with Crippen molar-refractivity contribution in [2.75, 3.05) is 0 Å². The van der Waals surface area contributed by atoms with Gasteiger partial charge in [0.1, 0.15) is 0 Å². The van der Waals surface area contributed by atoms with E-state index in [1.807, 2.05) is 66.7 Å². The molecule has 0 bridgehead atoms. The third-order valence-corrected chi connectivity index (χ3v) is 5.72. The number of fused-ring (bicyclic) bond motifs is 2. The molecule has 4 heteroatoms. The monoisotopic (exact) mass is 417 g/mol. The molecule has 0 unspecified atom stereocenters. The summed E-state index contributed by atoms with van der Waals surface area (Å²) in [4.78, 5) is 18.0. The van der Waals surface area contributed by atoms with Crippen molar-refractivity contribution >= 4 is 27.6 Å². The Kier molecular flexibility index (Phi) is 5.36. The average molecular weight is 418 g/mol. The molecule has 32 heavy (non-hydrogen) atoms. The Labute approximate surface area is 186 Å². The lowest BCUT2D eigenvalue weighted by Gasteiger charge is -2.11. The molecule has 156 valence electrons. The van der Waals surface area contributed by atoms with Crippen molar-refractivity contribution in [1.82, 2.24) is 10.3 Å². The van der Waals surface area contributed by atoms with Crippen LogP contribution in [0.2, 0.25) is 0 Å². The molecule has 4 nitrogen and oxygen atoms in total. The molecule has 0 saturated heterocycles. The zero-order valence-electron chi connectivity index (χ0n) is 17.6. The minimum Gasteiger partial charge on any atom is -0.348 e. The number of hydrogen-bond acceptors (Lipinski definition) is 3. The van der Waals surface area contributed by atoms with Gasteiger partial charge in [-0.1, -0.05) is 78.9 Å². The summed E-state index contributed by atoms with van der Waals surface area (Å²) in [6, 6.07) is 32.1. The molecule has 0 radical (unpaired) electrons. The van der Waals surface area contributed by atoms with Crippen molar-refractivity contribution in [1.29, 1.82) is 0 Å². The van der Waals surface area contributed by atoms with Crippen LogP contribution in [0.3, 0.4) is 0 Å². The summed E-state index contributed by atoms with van der Waals surface area (Å²) in [5.41, 5.74) is 11.0. The van der Waals surface area contributed by atoms with Crippen molar-refractivity contribution < 1.29 is 4.79 Å². The Bertz CT molecular complexity index is 1420. The summed E-state index contributed by atoms with van der Waals surface area (Å²) >= 11 is 0. The maximum absolute atomic E-state index is 13.2. The van der Waals surface area contributed by atoms with E-state index in [9.17, 15) is 4.79 Å². The van der Waals surface area contributed by atoms with Crippen LogP contribution in [0, 0.1) is 0 Å². The molecule has 0 aliphatic carbocycles. The first-order valence-corrected chi connectivity index (χ1v) is 10.7. The minimum absolute atomic E-state index is 0.117. The van der Waals surface area contributed by atoms with Crippen LogP contribution >= 0.6 is 0 Å². The Balaban J connectivity index is 1.50. The number of pyridine rings is 1. The van der Waals surface area contributed by atoms with Gasteiger partial charge >= 0.3 is 0 Å². The number of aromatic nitrogens is 1. The Morgan fingerprint density at radius 2 is 1.50 bits per heavy atom. The van der Waals surface area contributed by atoms with Crippen LogP contribution in [-0.4, -0.2) is 10.9 Å². The van der Waals surface area contributed by atoms with Gasteiger partial charge in [0.25, 0.3) is 5.91 Å². The van der Waals surface area contributed by atoms with Crippen LogP contribution in [0.25, 0.3) is 32.9 Å². The molecule has 0 atom stereocenters. The van der Waals surface area contributed by atoms with Crippen LogP contribution in [0.5, 0.6) is 0 Å². The van der Waals surface area contributed by atoms with Gasteiger partial charge in [-0.15, -0.1) is 0 Å². The first-order valence-electron chi connectivity index (χ1n) is 10.7. The molecule has 0 aliphatic heterocycles. The van der Waals surface area contributed by atoms with Gasteiger partial charge < -0.3 is 11.1 Å². The molecular weight excluding hydrogens is 394 g/mol. The van der Waals surface area contributed by atoms with Crippen LogP contribution in [-0.2, 0) is 13.1 Å². The first-order chi connectivity index (χ1) is 15.7. The number of carbonyl (C=O) groups excluding carboxylic acids is 1. The van der Waals surface area contributed by atoms with Gasteiger partial charge in [-0.2, -0.15) is 0 Å². The summed E-state index contributed by atoms with van der Waals surface area (Å²) in [6.07, 6.45) is 0. The number of amides is 1. The van der Waals surface area contributed by atoms with Crippen molar-refractivity contribution in [2.45, 2.75) is 13.1 Å². The summed E-state index contributed by atoms with van der Waals surface area (Å²) < 4.78 is 0. The predicted molar refractivity (Wildman–Crippen MR) is 130 cm³/mol. The molecule has 0 saturated carbocycles. The SMILES string of the molecule is NCc1ccc(CNC(=O)c2cc(-c3ccc4ccccc4c3)nc3ccccc23)cc1. The lowest BCUT2D eigenvalue weighted by molar-refractivity contribution is 0.0952. The fourth-order valence-electron chi connectivity index (χ4n) is 3.93. The second-order valence-electron chi connectivity index (χ2n) is 7.84. The summed E-state index contributed by atoms with van der Waals surface area (Å²) in [7, 11) is 0. The topological polar surface area (TPSA) is 68.0 Å². The molecular formula is C28H23N3O. The largest absolute Gasteiger partial charge is 0.348 e.